The molecule has 24 heavy (non-hydrogen) atoms. The minimum absolute atomic E-state index is 0.0606. The van der Waals surface area contributed by atoms with Crippen LogP contribution in [0.3, 0.4) is 0 Å². The minimum Gasteiger partial charge on any atom is -0.350 e. The lowest BCUT2D eigenvalue weighted by atomic mass is 9.98. The molecule has 124 valence electrons. The summed E-state index contributed by atoms with van der Waals surface area (Å²) in [6.07, 6.45) is -4.55. The van der Waals surface area contributed by atoms with E-state index < -0.39 is 17.8 Å². The molecule has 1 saturated heterocycles. The van der Waals surface area contributed by atoms with Gasteiger partial charge in [-0.3, -0.25) is 9.69 Å². The number of hydrogen-bond acceptors (Lipinski definition) is 2. The molecule has 1 atom stereocenters. The molecule has 0 unspecified atom stereocenters. The first-order chi connectivity index (χ1) is 11.3. The molecule has 1 amide bonds. The highest BCUT2D eigenvalue weighted by Gasteiger charge is 2.37. The van der Waals surface area contributed by atoms with Crippen molar-refractivity contribution < 1.29 is 18.0 Å². The van der Waals surface area contributed by atoms with E-state index in [4.69, 9.17) is 12.2 Å². The second-order valence-electron chi connectivity index (χ2n) is 5.44. The predicted octanol–water partition coefficient (Wildman–Crippen LogP) is 3.98. The Bertz CT molecular complexity index is 805. The van der Waals surface area contributed by atoms with Crippen LogP contribution in [-0.4, -0.2) is 17.1 Å². The van der Waals surface area contributed by atoms with E-state index in [0.717, 1.165) is 11.0 Å². The van der Waals surface area contributed by atoms with Crippen molar-refractivity contribution in [2.24, 2.45) is 0 Å². The van der Waals surface area contributed by atoms with Crippen LogP contribution in [-0.2, 0) is 11.0 Å². The molecule has 0 aromatic heterocycles. The summed E-state index contributed by atoms with van der Waals surface area (Å²) in [6, 6.07) is 11.6. The predicted molar refractivity (Wildman–Crippen MR) is 89.6 cm³/mol. The molecule has 0 radical (unpaired) electrons. The number of amides is 1. The summed E-state index contributed by atoms with van der Waals surface area (Å²) in [6.45, 7) is 1.61. The number of carbonyl (C=O) groups is 1. The Morgan fingerprint density at radius 2 is 1.79 bits per heavy atom. The van der Waals surface area contributed by atoms with Gasteiger partial charge in [0, 0.05) is 0 Å². The maximum atomic E-state index is 13.5. The molecule has 0 bridgehead atoms. The van der Waals surface area contributed by atoms with Crippen molar-refractivity contribution in [1.82, 2.24) is 5.32 Å². The molecule has 1 fully saturated rings. The fourth-order valence-electron chi connectivity index (χ4n) is 2.63. The van der Waals surface area contributed by atoms with E-state index >= 15 is 0 Å². The van der Waals surface area contributed by atoms with Gasteiger partial charge in [-0.1, -0.05) is 36.4 Å². The van der Waals surface area contributed by atoms with Crippen LogP contribution in [0.4, 0.5) is 18.9 Å². The monoisotopic (exact) mass is 350 g/mol. The van der Waals surface area contributed by atoms with Gasteiger partial charge in [0.05, 0.1) is 11.3 Å². The van der Waals surface area contributed by atoms with Gasteiger partial charge < -0.3 is 5.32 Å². The third-order valence-corrected chi connectivity index (χ3v) is 4.09. The summed E-state index contributed by atoms with van der Waals surface area (Å²) in [5, 5.41) is 2.85. The van der Waals surface area contributed by atoms with E-state index in [1.165, 1.54) is 12.1 Å². The number of thiocarbonyl (C=S) groups is 1. The van der Waals surface area contributed by atoms with Crippen molar-refractivity contribution in [3.63, 3.8) is 0 Å². The van der Waals surface area contributed by atoms with Crippen LogP contribution in [0.15, 0.2) is 48.5 Å². The number of nitrogens with one attached hydrogen (secondary N) is 1. The molecule has 2 aromatic rings. The molecule has 1 aliphatic heterocycles. The second-order valence-corrected chi connectivity index (χ2v) is 5.83. The average Bonchev–Trinajstić information content (AvgIpc) is 2.79. The SMILES string of the molecule is C[C@@H]1NC(=S)N(c2ccc(-c3ccccc3)c(C(F)(F)F)c2)C1=O. The number of rotatable bonds is 2. The fourth-order valence-corrected chi connectivity index (χ4v) is 3.00. The highest BCUT2D eigenvalue weighted by Crippen LogP contribution is 2.39. The van der Waals surface area contributed by atoms with E-state index in [0.29, 0.717) is 5.56 Å². The maximum Gasteiger partial charge on any atom is 0.417 e. The van der Waals surface area contributed by atoms with Crippen molar-refractivity contribution in [2.45, 2.75) is 19.1 Å². The van der Waals surface area contributed by atoms with E-state index in [1.54, 1.807) is 37.3 Å². The van der Waals surface area contributed by atoms with Gasteiger partial charge >= 0.3 is 6.18 Å². The van der Waals surface area contributed by atoms with Crippen molar-refractivity contribution >= 4 is 28.9 Å². The molecule has 1 aliphatic rings. The quantitative estimate of drug-likeness (QED) is 0.832. The molecule has 1 heterocycles. The molecule has 3 nitrogen and oxygen atoms in total. The van der Waals surface area contributed by atoms with Crippen LogP contribution in [0, 0.1) is 0 Å². The lowest BCUT2D eigenvalue weighted by Crippen LogP contribution is -2.31. The van der Waals surface area contributed by atoms with E-state index in [1.807, 2.05) is 0 Å². The highest BCUT2D eigenvalue weighted by atomic mass is 32.1. The zero-order valence-electron chi connectivity index (χ0n) is 12.6. The lowest BCUT2D eigenvalue weighted by molar-refractivity contribution is -0.137. The topological polar surface area (TPSA) is 32.3 Å². The third kappa shape index (κ3) is 2.87. The normalized spacial score (nSPS) is 18.0. The highest BCUT2D eigenvalue weighted by molar-refractivity contribution is 7.80. The van der Waals surface area contributed by atoms with Crippen LogP contribution in [0.25, 0.3) is 11.1 Å². The number of carbonyl (C=O) groups excluding carboxylic acids is 1. The lowest BCUT2D eigenvalue weighted by Gasteiger charge is -2.19. The number of benzene rings is 2. The Kier molecular flexibility index (Phi) is 4.04. The van der Waals surface area contributed by atoms with Crippen molar-refractivity contribution in [3.8, 4) is 11.1 Å². The van der Waals surface area contributed by atoms with E-state index in [9.17, 15) is 18.0 Å². The zero-order valence-corrected chi connectivity index (χ0v) is 13.4. The van der Waals surface area contributed by atoms with Gasteiger partial charge in [-0.05, 0) is 42.4 Å². The molecule has 1 N–H and O–H groups in total. The molecule has 7 heteroatoms. The largest absolute Gasteiger partial charge is 0.417 e. The van der Waals surface area contributed by atoms with Gasteiger partial charge in [0.25, 0.3) is 5.91 Å². The van der Waals surface area contributed by atoms with Crippen molar-refractivity contribution in [2.75, 3.05) is 4.90 Å². The molecule has 0 spiro atoms. The molecular weight excluding hydrogens is 337 g/mol. The van der Waals surface area contributed by atoms with E-state index in [-0.39, 0.29) is 22.3 Å². The Morgan fingerprint density at radius 1 is 1.12 bits per heavy atom. The summed E-state index contributed by atoms with van der Waals surface area (Å²) in [7, 11) is 0. The number of alkyl halides is 3. The Labute approximate surface area is 142 Å². The molecule has 2 aromatic carbocycles. The number of hydrogen-bond donors (Lipinski definition) is 1. The summed E-state index contributed by atoms with van der Waals surface area (Å²) >= 11 is 5.05. The molecule has 3 rings (SSSR count). The van der Waals surface area contributed by atoms with Gasteiger partial charge in [0.1, 0.15) is 6.04 Å². The molecule has 0 saturated carbocycles. The van der Waals surface area contributed by atoms with Gasteiger partial charge in [0.2, 0.25) is 0 Å². The van der Waals surface area contributed by atoms with Crippen LogP contribution in [0.5, 0.6) is 0 Å². The van der Waals surface area contributed by atoms with Crippen molar-refractivity contribution in [1.29, 1.82) is 0 Å². The average molecular weight is 350 g/mol. The number of nitrogens with zero attached hydrogens (tertiary/aromatic N) is 1. The Balaban J connectivity index is 2.13. The first-order valence-electron chi connectivity index (χ1n) is 7.20. The standard InChI is InChI=1S/C17H13F3N2OS/c1-10-15(23)22(16(24)21-10)12-7-8-13(11-5-3-2-4-6-11)14(9-12)17(18,19)20/h2-10H,1H3,(H,21,24)/t10-/m0/s1. The van der Waals surface area contributed by atoms with Crippen LogP contribution in [0.1, 0.15) is 12.5 Å². The summed E-state index contributed by atoms with van der Waals surface area (Å²) in [5.74, 6) is -0.374. The summed E-state index contributed by atoms with van der Waals surface area (Å²) in [5.41, 5.74) is -0.182. The number of halogens is 3. The van der Waals surface area contributed by atoms with Crippen molar-refractivity contribution in [3.05, 3.63) is 54.1 Å². The maximum absolute atomic E-state index is 13.5. The smallest absolute Gasteiger partial charge is 0.350 e. The Morgan fingerprint density at radius 3 is 2.33 bits per heavy atom. The zero-order chi connectivity index (χ0) is 17.5. The van der Waals surface area contributed by atoms with Gasteiger partial charge in [-0.25, -0.2) is 0 Å². The van der Waals surface area contributed by atoms with Gasteiger partial charge in [-0.15, -0.1) is 0 Å². The van der Waals surface area contributed by atoms with Crippen LogP contribution in [0.2, 0.25) is 0 Å². The summed E-state index contributed by atoms with van der Waals surface area (Å²) in [4.78, 5) is 13.2. The molecule has 0 aliphatic carbocycles. The minimum atomic E-state index is -4.55. The third-order valence-electron chi connectivity index (χ3n) is 3.79. The van der Waals surface area contributed by atoms with Gasteiger partial charge in [0.15, 0.2) is 5.11 Å². The van der Waals surface area contributed by atoms with E-state index in [2.05, 4.69) is 5.32 Å². The first-order valence-corrected chi connectivity index (χ1v) is 7.61. The summed E-state index contributed by atoms with van der Waals surface area (Å²) < 4.78 is 40.6. The second kappa shape index (κ2) is 5.90. The fraction of sp³-hybridized carbons (Fsp3) is 0.176. The van der Waals surface area contributed by atoms with Crippen LogP contribution < -0.4 is 10.2 Å². The van der Waals surface area contributed by atoms with Crippen LogP contribution >= 0.6 is 12.2 Å². The van der Waals surface area contributed by atoms with Gasteiger partial charge in [-0.2, -0.15) is 13.2 Å². The first kappa shape index (κ1) is 16.4. The molecular formula is C17H13F3N2OS. The Hall–Kier alpha value is -2.41. The number of anilines is 1.